The predicted molar refractivity (Wildman–Crippen MR) is 65.8 cm³/mol. The second kappa shape index (κ2) is 6.33. The largest absolute Gasteiger partial charge is 0.383 e. The van der Waals surface area contributed by atoms with E-state index >= 15 is 0 Å². The minimum atomic E-state index is 0.198. The number of hydrogen-bond donors (Lipinski definition) is 2. The number of hydrogen-bond acceptors (Lipinski definition) is 4. The lowest BCUT2D eigenvalue weighted by Crippen LogP contribution is -2.52. The number of methoxy groups -OCH3 is 1. The summed E-state index contributed by atoms with van der Waals surface area (Å²) >= 11 is 0. The zero-order chi connectivity index (χ0) is 12.1. The molecular weight excluding hydrogens is 218 g/mol. The number of carbonyl (C=O) groups is 1. The number of amides is 1. The van der Waals surface area contributed by atoms with Crippen LogP contribution in [0.3, 0.4) is 0 Å². The third-order valence-electron chi connectivity index (χ3n) is 3.75. The van der Waals surface area contributed by atoms with Crippen LogP contribution in [0.5, 0.6) is 0 Å². The first-order valence-electron chi connectivity index (χ1n) is 6.52. The molecule has 2 saturated heterocycles. The summed E-state index contributed by atoms with van der Waals surface area (Å²) in [5, 5.41) is 6.19. The molecule has 0 bridgehead atoms. The van der Waals surface area contributed by atoms with Gasteiger partial charge in [0, 0.05) is 39.3 Å². The molecule has 0 aliphatic carbocycles. The first-order chi connectivity index (χ1) is 8.31. The fraction of sp³-hybridized carbons (Fsp3) is 0.917. The van der Waals surface area contributed by atoms with Crippen molar-refractivity contribution in [3.05, 3.63) is 0 Å². The maximum absolute atomic E-state index is 11.7. The van der Waals surface area contributed by atoms with Gasteiger partial charge in [-0.1, -0.05) is 0 Å². The fourth-order valence-electron chi connectivity index (χ4n) is 2.47. The van der Waals surface area contributed by atoms with Crippen molar-refractivity contribution in [2.45, 2.75) is 18.9 Å². The van der Waals surface area contributed by atoms with E-state index in [-0.39, 0.29) is 11.8 Å². The van der Waals surface area contributed by atoms with E-state index in [9.17, 15) is 4.79 Å². The minimum Gasteiger partial charge on any atom is -0.383 e. The Hall–Kier alpha value is -0.650. The molecule has 2 aliphatic rings. The lowest BCUT2D eigenvalue weighted by molar-refractivity contribution is -0.126. The van der Waals surface area contributed by atoms with Crippen LogP contribution in [-0.2, 0) is 9.53 Å². The highest BCUT2D eigenvalue weighted by Crippen LogP contribution is 2.16. The average molecular weight is 241 g/mol. The van der Waals surface area contributed by atoms with E-state index < -0.39 is 0 Å². The summed E-state index contributed by atoms with van der Waals surface area (Å²) in [6.07, 6.45) is 2.42. The first-order valence-corrected chi connectivity index (χ1v) is 6.52. The van der Waals surface area contributed by atoms with E-state index in [0.29, 0.717) is 6.04 Å². The summed E-state index contributed by atoms with van der Waals surface area (Å²) in [4.78, 5) is 14.1. The van der Waals surface area contributed by atoms with Gasteiger partial charge in [0.15, 0.2) is 0 Å². The summed E-state index contributed by atoms with van der Waals surface area (Å²) in [5.74, 6) is 0.408. The molecule has 0 aromatic rings. The first kappa shape index (κ1) is 12.8. The van der Waals surface area contributed by atoms with Gasteiger partial charge in [-0.05, 0) is 19.4 Å². The summed E-state index contributed by atoms with van der Waals surface area (Å²) in [6.45, 7) is 5.35. The van der Waals surface area contributed by atoms with Crippen molar-refractivity contribution >= 4 is 5.91 Å². The molecular formula is C12H23N3O2. The van der Waals surface area contributed by atoms with Gasteiger partial charge in [-0.3, -0.25) is 9.69 Å². The van der Waals surface area contributed by atoms with E-state index in [1.807, 2.05) is 0 Å². The van der Waals surface area contributed by atoms with Crippen molar-refractivity contribution in [2.75, 3.05) is 46.4 Å². The highest BCUT2D eigenvalue weighted by Gasteiger charge is 2.28. The Labute approximate surface area is 103 Å². The molecule has 0 aromatic heterocycles. The lowest BCUT2D eigenvalue weighted by Gasteiger charge is -2.28. The van der Waals surface area contributed by atoms with E-state index in [0.717, 1.165) is 39.3 Å². The van der Waals surface area contributed by atoms with Crippen LogP contribution < -0.4 is 10.6 Å². The van der Waals surface area contributed by atoms with Gasteiger partial charge in [-0.2, -0.15) is 0 Å². The molecule has 17 heavy (non-hydrogen) atoms. The molecule has 5 nitrogen and oxygen atoms in total. The molecule has 2 aliphatic heterocycles. The highest BCUT2D eigenvalue weighted by atomic mass is 16.5. The number of likely N-dealkylation sites (tertiary alicyclic amines) is 1. The molecule has 2 fully saturated rings. The number of nitrogens with one attached hydrogen (secondary N) is 2. The van der Waals surface area contributed by atoms with Crippen LogP contribution in [0.15, 0.2) is 0 Å². The summed E-state index contributed by atoms with van der Waals surface area (Å²) < 4.78 is 5.11. The Kier molecular flexibility index (Phi) is 4.76. The van der Waals surface area contributed by atoms with Crippen LogP contribution in [0, 0.1) is 5.92 Å². The van der Waals surface area contributed by atoms with Crippen molar-refractivity contribution in [1.29, 1.82) is 0 Å². The molecule has 2 N–H and O–H groups in total. The normalized spacial score (nSPS) is 25.8. The van der Waals surface area contributed by atoms with Crippen LogP contribution in [0.1, 0.15) is 12.8 Å². The number of carbonyl (C=O) groups excluding carboxylic acids is 1. The Morgan fingerprint density at radius 1 is 1.53 bits per heavy atom. The fourth-order valence-corrected chi connectivity index (χ4v) is 2.47. The van der Waals surface area contributed by atoms with E-state index in [1.165, 1.54) is 12.8 Å². The van der Waals surface area contributed by atoms with Crippen molar-refractivity contribution in [3.63, 3.8) is 0 Å². The van der Waals surface area contributed by atoms with Crippen molar-refractivity contribution in [1.82, 2.24) is 15.5 Å². The van der Waals surface area contributed by atoms with Crippen molar-refractivity contribution in [2.24, 2.45) is 5.92 Å². The summed E-state index contributed by atoms with van der Waals surface area (Å²) in [5.41, 5.74) is 0. The average Bonchev–Trinajstić information content (AvgIpc) is 2.68. The second-order valence-corrected chi connectivity index (χ2v) is 4.93. The van der Waals surface area contributed by atoms with Gasteiger partial charge in [0.1, 0.15) is 0 Å². The molecule has 0 spiro atoms. The van der Waals surface area contributed by atoms with Gasteiger partial charge >= 0.3 is 0 Å². The summed E-state index contributed by atoms with van der Waals surface area (Å²) in [7, 11) is 1.73. The monoisotopic (exact) mass is 241 g/mol. The molecule has 1 atom stereocenters. The van der Waals surface area contributed by atoms with Gasteiger partial charge in [-0.25, -0.2) is 0 Å². The predicted octanol–water partition coefficient (Wildman–Crippen LogP) is -0.567. The molecule has 98 valence electrons. The van der Waals surface area contributed by atoms with Gasteiger partial charge in [0.2, 0.25) is 5.91 Å². The number of ether oxygens (including phenoxy) is 1. The van der Waals surface area contributed by atoms with Crippen LogP contribution in [0.25, 0.3) is 0 Å². The quantitative estimate of drug-likeness (QED) is 0.654. The number of nitrogens with zero attached hydrogens (tertiary/aromatic N) is 1. The van der Waals surface area contributed by atoms with Gasteiger partial charge in [0.25, 0.3) is 0 Å². The SMILES string of the molecule is COCCN1CCCC1CNC(=O)C1CNC1. The lowest BCUT2D eigenvalue weighted by atomic mass is 10.0. The van der Waals surface area contributed by atoms with Gasteiger partial charge in [-0.15, -0.1) is 0 Å². The maximum atomic E-state index is 11.7. The van der Waals surface area contributed by atoms with Crippen LogP contribution in [-0.4, -0.2) is 63.3 Å². The highest BCUT2D eigenvalue weighted by molar-refractivity contribution is 5.80. The molecule has 1 amide bonds. The zero-order valence-electron chi connectivity index (χ0n) is 10.6. The minimum absolute atomic E-state index is 0.198. The topological polar surface area (TPSA) is 53.6 Å². The molecule has 0 radical (unpaired) electrons. The van der Waals surface area contributed by atoms with Crippen molar-refractivity contribution < 1.29 is 9.53 Å². The smallest absolute Gasteiger partial charge is 0.225 e. The van der Waals surface area contributed by atoms with E-state index in [4.69, 9.17) is 4.74 Å². The molecule has 2 heterocycles. The maximum Gasteiger partial charge on any atom is 0.225 e. The van der Waals surface area contributed by atoms with Gasteiger partial charge < -0.3 is 15.4 Å². The molecule has 0 saturated carbocycles. The third-order valence-corrected chi connectivity index (χ3v) is 3.75. The second-order valence-electron chi connectivity index (χ2n) is 4.93. The number of rotatable bonds is 6. The van der Waals surface area contributed by atoms with Crippen LogP contribution in [0.4, 0.5) is 0 Å². The molecule has 5 heteroatoms. The Morgan fingerprint density at radius 3 is 3.00 bits per heavy atom. The van der Waals surface area contributed by atoms with Crippen LogP contribution >= 0.6 is 0 Å². The van der Waals surface area contributed by atoms with Crippen molar-refractivity contribution in [3.8, 4) is 0 Å². The zero-order valence-corrected chi connectivity index (χ0v) is 10.6. The van der Waals surface area contributed by atoms with E-state index in [1.54, 1.807) is 7.11 Å². The third kappa shape index (κ3) is 3.40. The molecule has 0 aromatic carbocycles. The summed E-state index contributed by atoms with van der Waals surface area (Å²) in [6, 6.07) is 0.502. The standard InChI is InChI=1S/C12H23N3O2/c1-17-6-5-15-4-2-3-11(15)9-14-12(16)10-7-13-8-10/h10-11,13H,2-9H2,1H3,(H,14,16). The Morgan fingerprint density at radius 2 is 2.35 bits per heavy atom. The Bertz CT molecular complexity index is 256. The van der Waals surface area contributed by atoms with E-state index in [2.05, 4.69) is 15.5 Å². The molecule has 2 rings (SSSR count). The molecule has 1 unspecified atom stereocenters. The Balaban J connectivity index is 1.67. The van der Waals surface area contributed by atoms with Crippen LogP contribution in [0.2, 0.25) is 0 Å². The van der Waals surface area contributed by atoms with Gasteiger partial charge in [0.05, 0.1) is 12.5 Å².